The molecule has 0 fully saturated rings. The number of rotatable bonds is 2. The van der Waals surface area contributed by atoms with Crippen LogP contribution in [0.2, 0.25) is 0 Å². The molecule has 1 aliphatic heterocycles. The zero-order valence-corrected chi connectivity index (χ0v) is 12.1. The first-order valence-corrected chi connectivity index (χ1v) is 6.65. The molecule has 0 N–H and O–H groups in total. The molecule has 1 aromatic rings. The van der Waals surface area contributed by atoms with Gasteiger partial charge in [0.1, 0.15) is 11.5 Å². The van der Waals surface area contributed by atoms with E-state index >= 15 is 0 Å². The van der Waals surface area contributed by atoms with Crippen LogP contribution in [0.3, 0.4) is 0 Å². The Morgan fingerprint density at radius 1 is 1.41 bits per heavy atom. The summed E-state index contributed by atoms with van der Waals surface area (Å²) in [5, 5.41) is 0. The molecular formula is C14H17BrO2. The first-order valence-electron chi connectivity index (χ1n) is 5.86. The Labute approximate surface area is 110 Å². The van der Waals surface area contributed by atoms with Crippen LogP contribution in [0.5, 0.6) is 5.75 Å². The van der Waals surface area contributed by atoms with Crippen molar-refractivity contribution in [2.24, 2.45) is 5.41 Å². The molecular weight excluding hydrogens is 280 g/mol. The lowest BCUT2D eigenvalue weighted by Gasteiger charge is -2.17. The summed E-state index contributed by atoms with van der Waals surface area (Å²) < 4.78 is 6.56. The molecule has 3 heteroatoms. The third-order valence-corrected chi connectivity index (χ3v) is 3.72. The topological polar surface area (TPSA) is 26.3 Å². The zero-order valence-electron chi connectivity index (χ0n) is 10.5. The molecule has 0 spiro atoms. The van der Waals surface area contributed by atoms with E-state index in [9.17, 15) is 4.79 Å². The van der Waals surface area contributed by atoms with Crippen molar-refractivity contribution in [1.29, 1.82) is 0 Å². The normalized spacial score (nSPS) is 14.4. The van der Waals surface area contributed by atoms with E-state index in [1.807, 2.05) is 32.9 Å². The minimum atomic E-state index is -0.278. The maximum Gasteiger partial charge on any atom is 0.142 e. The average Bonchev–Trinajstić information content (AvgIpc) is 2.70. The van der Waals surface area contributed by atoms with Gasteiger partial charge in [0, 0.05) is 23.8 Å². The van der Waals surface area contributed by atoms with Crippen LogP contribution in [-0.4, -0.2) is 12.4 Å². The smallest absolute Gasteiger partial charge is 0.142 e. The summed E-state index contributed by atoms with van der Waals surface area (Å²) in [5.74, 6) is 1.19. The van der Waals surface area contributed by atoms with E-state index in [-0.39, 0.29) is 11.2 Å². The minimum Gasteiger partial charge on any atom is -0.492 e. The molecule has 1 aliphatic rings. The van der Waals surface area contributed by atoms with Gasteiger partial charge in [0.2, 0.25) is 0 Å². The molecule has 0 atom stereocenters. The van der Waals surface area contributed by atoms with Crippen molar-refractivity contribution in [2.75, 3.05) is 6.61 Å². The predicted octanol–water partition coefficient (Wildman–Crippen LogP) is 3.54. The molecule has 17 heavy (non-hydrogen) atoms. The standard InChI is InChI=1S/C14H17BrO2/c1-14(2,3)12(16)8-9-4-5-11(15)13-10(9)6-7-17-13/h4-5H,6-8H2,1-3H3. The van der Waals surface area contributed by atoms with Crippen LogP contribution >= 0.6 is 15.9 Å². The van der Waals surface area contributed by atoms with E-state index in [0.29, 0.717) is 13.0 Å². The van der Waals surface area contributed by atoms with Crippen LogP contribution in [0.4, 0.5) is 0 Å². The molecule has 0 saturated heterocycles. The van der Waals surface area contributed by atoms with Crippen molar-refractivity contribution < 1.29 is 9.53 Å². The maximum atomic E-state index is 12.1. The van der Waals surface area contributed by atoms with E-state index in [1.54, 1.807) is 0 Å². The van der Waals surface area contributed by atoms with Crippen LogP contribution in [0, 0.1) is 5.41 Å². The highest BCUT2D eigenvalue weighted by Gasteiger charge is 2.25. The van der Waals surface area contributed by atoms with Crippen LogP contribution < -0.4 is 4.74 Å². The number of fused-ring (bicyclic) bond motifs is 1. The van der Waals surface area contributed by atoms with Crippen molar-refractivity contribution in [1.82, 2.24) is 0 Å². The second-order valence-electron chi connectivity index (χ2n) is 5.46. The first-order chi connectivity index (χ1) is 7.89. The summed E-state index contributed by atoms with van der Waals surface area (Å²) in [6, 6.07) is 4.00. The van der Waals surface area contributed by atoms with Crippen molar-refractivity contribution in [3.05, 3.63) is 27.7 Å². The SMILES string of the molecule is CC(C)(C)C(=O)Cc1ccc(Br)c2c1CCO2. The van der Waals surface area contributed by atoms with Crippen molar-refractivity contribution in [3.63, 3.8) is 0 Å². The highest BCUT2D eigenvalue weighted by molar-refractivity contribution is 9.10. The quantitative estimate of drug-likeness (QED) is 0.834. The summed E-state index contributed by atoms with van der Waals surface area (Å²) in [6.45, 7) is 6.61. The summed E-state index contributed by atoms with van der Waals surface area (Å²) >= 11 is 3.48. The van der Waals surface area contributed by atoms with Crippen molar-refractivity contribution in [2.45, 2.75) is 33.6 Å². The fourth-order valence-corrected chi connectivity index (χ4v) is 2.42. The summed E-state index contributed by atoms with van der Waals surface area (Å²) in [6.07, 6.45) is 1.41. The summed E-state index contributed by atoms with van der Waals surface area (Å²) in [5.41, 5.74) is 2.02. The van der Waals surface area contributed by atoms with Gasteiger partial charge < -0.3 is 4.74 Å². The van der Waals surface area contributed by atoms with Crippen molar-refractivity contribution >= 4 is 21.7 Å². The molecule has 0 unspecified atom stereocenters. The molecule has 0 amide bonds. The Kier molecular flexibility index (Phi) is 3.30. The van der Waals surface area contributed by atoms with E-state index < -0.39 is 0 Å². The first kappa shape index (κ1) is 12.6. The maximum absolute atomic E-state index is 12.1. The van der Waals surface area contributed by atoms with Crippen LogP contribution in [0.25, 0.3) is 0 Å². The zero-order chi connectivity index (χ0) is 12.6. The van der Waals surface area contributed by atoms with Gasteiger partial charge in [0.05, 0.1) is 11.1 Å². The third kappa shape index (κ3) is 2.54. The lowest BCUT2D eigenvalue weighted by Crippen LogP contribution is -2.22. The largest absolute Gasteiger partial charge is 0.492 e. The predicted molar refractivity (Wildman–Crippen MR) is 71.5 cm³/mol. The molecule has 1 aromatic carbocycles. The number of benzene rings is 1. The minimum absolute atomic E-state index is 0.272. The van der Waals surface area contributed by atoms with E-state index in [2.05, 4.69) is 15.9 Å². The molecule has 0 aliphatic carbocycles. The highest BCUT2D eigenvalue weighted by atomic mass is 79.9. The second-order valence-corrected chi connectivity index (χ2v) is 6.32. The van der Waals surface area contributed by atoms with Gasteiger partial charge in [0.25, 0.3) is 0 Å². The second kappa shape index (κ2) is 4.45. The van der Waals surface area contributed by atoms with Crippen molar-refractivity contribution in [3.8, 4) is 5.75 Å². The average molecular weight is 297 g/mol. The van der Waals surface area contributed by atoms with Gasteiger partial charge in [-0.25, -0.2) is 0 Å². The van der Waals surface area contributed by atoms with Gasteiger partial charge >= 0.3 is 0 Å². The fraction of sp³-hybridized carbons (Fsp3) is 0.500. The summed E-state index contributed by atoms with van der Waals surface area (Å²) in [4.78, 5) is 12.1. The van der Waals surface area contributed by atoms with E-state index in [1.165, 1.54) is 5.56 Å². The Morgan fingerprint density at radius 2 is 2.12 bits per heavy atom. The Hall–Kier alpha value is -0.830. The lowest BCUT2D eigenvalue weighted by atomic mass is 9.86. The van der Waals surface area contributed by atoms with Crippen LogP contribution in [0.1, 0.15) is 31.9 Å². The Bertz CT molecular complexity index is 458. The molecule has 0 bridgehead atoms. The van der Waals surface area contributed by atoms with Gasteiger partial charge in [-0.2, -0.15) is 0 Å². The van der Waals surface area contributed by atoms with E-state index in [4.69, 9.17) is 4.74 Å². The number of halogens is 1. The molecule has 1 heterocycles. The van der Waals surface area contributed by atoms with Gasteiger partial charge in [-0.1, -0.05) is 26.8 Å². The number of ketones is 1. The highest BCUT2D eigenvalue weighted by Crippen LogP contribution is 2.36. The number of carbonyl (C=O) groups is 1. The number of hydrogen-bond acceptors (Lipinski definition) is 2. The lowest BCUT2D eigenvalue weighted by molar-refractivity contribution is -0.125. The molecule has 2 rings (SSSR count). The monoisotopic (exact) mass is 296 g/mol. The fourth-order valence-electron chi connectivity index (χ4n) is 1.93. The summed E-state index contributed by atoms with van der Waals surface area (Å²) in [7, 11) is 0. The molecule has 0 saturated carbocycles. The van der Waals surface area contributed by atoms with Gasteiger partial charge in [-0.05, 0) is 27.6 Å². The van der Waals surface area contributed by atoms with Crippen LogP contribution in [-0.2, 0) is 17.6 Å². The molecule has 92 valence electrons. The Balaban J connectivity index is 2.30. The number of ether oxygens (including phenoxy) is 1. The molecule has 0 radical (unpaired) electrons. The van der Waals surface area contributed by atoms with E-state index in [0.717, 1.165) is 22.2 Å². The molecule has 2 nitrogen and oxygen atoms in total. The molecule has 0 aromatic heterocycles. The van der Waals surface area contributed by atoms with Crippen LogP contribution in [0.15, 0.2) is 16.6 Å². The third-order valence-electron chi connectivity index (χ3n) is 3.10. The van der Waals surface area contributed by atoms with Gasteiger partial charge in [0.15, 0.2) is 0 Å². The number of Topliss-reactive ketones (excluding diaryl/α,β-unsaturated/α-hetero) is 1. The Morgan fingerprint density at radius 3 is 2.76 bits per heavy atom. The number of carbonyl (C=O) groups excluding carboxylic acids is 1. The van der Waals surface area contributed by atoms with Gasteiger partial charge in [-0.3, -0.25) is 4.79 Å². The van der Waals surface area contributed by atoms with Gasteiger partial charge in [-0.15, -0.1) is 0 Å². The number of hydrogen-bond donors (Lipinski definition) is 0.